The summed E-state index contributed by atoms with van der Waals surface area (Å²) in [6, 6.07) is 11.8. The summed E-state index contributed by atoms with van der Waals surface area (Å²) >= 11 is 0. The Morgan fingerprint density at radius 2 is 2.00 bits per heavy atom. The maximum absolute atomic E-state index is 11.7. The molecule has 3 nitrogen and oxygen atoms in total. The van der Waals surface area contributed by atoms with Gasteiger partial charge in [0.25, 0.3) is 0 Å². The van der Waals surface area contributed by atoms with Crippen LogP contribution < -0.4 is 0 Å². The minimum absolute atomic E-state index is 0.0616. The molecule has 0 saturated heterocycles. The molecule has 0 radical (unpaired) electrons. The second-order valence-electron chi connectivity index (χ2n) is 4.57. The molecule has 0 saturated carbocycles. The van der Waals surface area contributed by atoms with Crippen molar-refractivity contribution in [3.63, 3.8) is 0 Å². The lowest BCUT2D eigenvalue weighted by atomic mass is 10.1. The Labute approximate surface area is 107 Å². The Bertz CT molecular complexity index is 549. The molecule has 0 N–H and O–H groups in total. The molecule has 18 heavy (non-hydrogen) atoms. The van der Waals surface area contributed by atoms with Crippen molar-refractivity contribution in [1.82, 2.24) is 4.98 Å². The fourth-order valence-corrected chi connectivity index (χ4v) is 1.72. The smallest absolute Gasteiger partial charge is 0.164 e. The lowest BCUT2D eigenvalue weighted by Crippen LogP contribution is -2.15. The highest BCUT2D eigenvalue weighted by Gasteiger charge is 2.07. The summed E-state index contributed by atoms with van der Waals surface area (Å²) < 4.78 is 5.29. The minimum Gasteiger partial charge on any atom is -0.371 e. The molecule has 0 bridgehead atoms. The lowest BCUT2D eigenvalue weighted by Gasteiger charge is -2.06. The van der Waals surface area contributed by atoms with Gasteiger partial charge in [0.15, 0.2) is 5.78 Å². The Hall–Kier alpha value is -1.74. The summed E-state index contributed by atoms with van der Waals surface area (Å²) in [6.45, 7) is 4.00. The van der Waals surface area contributed by atoms with Crippen molar-refractivity contribution in [3.05, 3.63) is 42.1 Å². The highest BCUT2D eigenvalue weighted by atomic mass is 16.5. The first kappa shape index (κ1) is 12.7. The average Bonchev–Trinajstić information content (AvgIpc) is 2.36. The minimum atomic E-state index is 0.0616. The van der Waals surface area contributed by atoms with Crippen molar-refractivity contribution < 1.29 is 9.53 Å². The van der Waals surface area contributed by atoms with Gasteiger partial charge in [0.05, 0.1) is 18.0 Å². The first-order chi connectivity index (χ1) is 8.65. The van der Waals surface area contributed by atoms with Gasteiger partial charge in [0.2, 0.25) is 0 Å². The zero-order chi connectivity index (χ0) is 13.0. The van der Waals surface area contributed by atoms with Crippen molar-refractivity contribution in [2.45, 2.75) is 26.4 Å². The largest absolute Gasteiger partial charge is 0.371 e. The van der Waals surface area contributed by atoms with Gasteiger partial charge in [-0.25, -0.2) is 0 Å². The summed E-state index contributed by atoms with van der Waals surface area (Å²) in [7, 11) is 0. The Kier molecular flexibility index (Phi) is 4.05. The first-order valence-electron chi connectivity index (χ1n) is 6.13. The van der Waals surface area contributed by atoms with Gasteiger partial charge in [0, 0.05) is 11.1 Å². The lowest BCUT2D eigenvalue weighted by molar-refractivity contribution is -0.124. The van der Waals surface area contributed by atoms with Gasteiger partial charge in [-0.3, -0.25) is 9.78 Å². The second kappa shape index (κ2) is 5.74. The van der Waals surface area contributed by atoms with E-state index in [0.29, 0.717) is 6.42 Å². The number of rotatable bonds is 5. The van der Waals surface area contributed by atoms with E-state index < -0.39 is 0 Å². The zero-order valence-electron chi connectivity index (χ0n) is 10.7. The normalized spacial score (nSPS) is 11.1. The molecule has 0 aliphatic heterocycles. The molecule has 0 spiro atoms. The van der Waals surface area contributed by atoms with E-state index in [0.717, 1.165) is 16.6 Å². The summed E-state index contributed by atoms with van der Waals surface area (Å²) in [4.78, 5) is 16.2. The predicted molar refractivity (Wildman–Crippen MR) is 71.5 cm³/mol. The third kappa shape index (κ3) is 3.37. The monoisotopic (exact) mass is 243 g/mol. The highest BCUT2D eigenvalue weighted by Crippen LogP contribution is 2.12. The van der Waals surface area contributed by atoms with Crippen LogP contribution >= 0.6 is 0 Å². The Morgan fingerprint density at radius 1 is 1.22 bits per heavy atom. The van der Waals surface area contributed by atoms with E-state index in [4.69, 9.17) is 4.74 Å². The van der Waals surface area contributed by atoms with Crippen LogP contribution in [0.15, 0.2) is 36.4 Å². The maximum Gasteiger partial charge on any atom is 0.164 e. The molecule has 0 atom stereocenters. The van der Waals surface area contributed by atoms with E-state index >= 15 is 0 Å². The summed E-state index contributed by atoms with van der Waals surface area (Å²) in [5, 5.41) is 1.09. The first-order valence-corrected chi connectivity index (χ1v) is 6.13. The van der Waals surface area contributed by atoms with Crippen LogP contribution in [0.4, 0.5) is 0 Å². The van der Waals surface area contributed by atoms with Crippen LogP contribution in [0.25, 0.3) is 10.9 Å². The van der Waals surface area contributed by atoms with E-state index in [1.807, 2.05) is 50.2 Å². The summed E-state index contributed by atoms with van der Waals surface area (Å²) in [5.74, 6) is 0.0616. The molecule has 3 heteroatoms. The molecule has 94 valence electrons. The number of carbonyl (C=O) groups is 1. The molecular formula is C15H17NO2. The van der Waals surface area contributed by atoms with E-state index in [-0.39, 0.29) is 18.5 Å². The molecule has 2 rings (SSSR count). The van der Waals surface area contributed by atoms with Crippen molar-refractivity contribution in [3.8, 4) is 0 Å². The van der Waals surface area contributed by atoms with Gasteiger partial charge < -0.3 is 4.74 Å². The van der Waals surface area contributed by atoms with E-state index in [2.05, 4.69) is 4.98 Å². The van der Waals surface area contributed by atoms with Crippen molar-refractivity contribution in [1.29, 1.82) is 0 Å². The van der Waals surface area contributed by atoms with Gasteiger partial charge in [-0.2, -0.15) is 0 Å². The van der Waals surface area contributed by atoms with Gasteiger partial charge in [-0.05, 0) is 26.0 Å². The highest BCUT2D eigenvalue weighted by molar-refractivity contribution is 5.83. The van der Waals surface area contributed by atoms with Crippen LogP contribution in [-0.4, -0.2) is 23.5 Å². The Balaban J connectivity index is 2.05. The number of hydrogen-bond acceptors (Lipinski definition) is 3. The zero-order valence-corrected chi connectivity index (χ0v) is 10.7. The number of hydrogen-bond donors (Lipinski definition) is 0. The fraction of sp³-hybridized carbons (Fsp3) is 0.333. The predicted octanol–water partition coefficient (Wildman–Crippen LogP) is 2.77. The maximum atomic E-state index is 11.7. The molecule has 1 aromatic carbocycles. The fourth-order valence-electron chi connectivity index (χ4n) is 1.72. The van der Waals surface area contributed by atoms with Crippen molar-refractivity contribution >= 4 is 16.7 Å². The quantitative estimate of drug-likeness (QED) is 0.810. The number of para-hydroxylation sites is 1. The number of Topliss-reactive ketones (excluding diaryl/α,β-unsaturated/α-hetero) is 1. The van der Waals surface area contributed by atoms with Gasteiger partial charge in [-0.1, -0.05) is 24.3 Å². The SMILES string of the molecule is CC(C)OCC(=O)Cc1ccc2ccccc2n1. The average molecular weight is 243 g/mol. The molecule has 0 unspecified atom stereocenters. The molecule has 0 aliphatic carbocycles. The van der Waals surface area contributed by atoms with E-state index in [1.54, 1.807) is 0 Å². The van der Waals surface area contributed by atoms with Crippen LogP contribution in [-0.2, 0) is 16.0 Å². The molecular weight excluding hydrogens is 226 g/mol. The standard InChI is InChI=1S/C15H17NO2/c1-11(2)18-10-14(17)9-13-8-7-12-5-3-4-6-15(12)16-13/h3-8,11H,9-10H2,1-2H3. The number of nitrogens with zero attached hydrogens (tertiary/aromatic N) is 1. The number of pyridine rings is 1. The topological polar surface area (TPSA) is 39.2 Å². The number of ketones is 1. The number of ether oxygens (including phenoxy) is 1. The number of aromatic nitrogens is 1. The molecule has 1 aromatic heterocycles. The van der Waals surface area contributed by atoms with Crippen molar-refractivity contribution in [2.24, 2.45) is 0 Å². The molecule has 0 aliphatic rings. The van der Waals surface area contributed by atoms with Crippen LogP contribution in [0.1, 0.15) is 19.5 Å². The van der Waals surface area contributed by atoms with E-state index in [1.165, 1.54) is 0 Å². The Morgan fingerprint density at radius 3 is 2.78 bits per heavy atom. The third-order valence-corrected chi connectivity index (χ3v) is 2.61. The number of carbonyl (C=O) groups excluding carboxylic acids is 1. The van der Waals surface area contributed by atoms with Crippen molar-refractivity contribution in [2.75, 3.05) is 6.61 Å². The van der Waals surface area contributed by atoms with Crippen LogP contribution in [0.2, 0.25) is 0 Å². The second-order valence-corrected chi connectivity index (χ2v) is 4.57. The number of benzene rings is 1. The van der Waals surface area contributed by atoms with Gasteiger partial charge in [-0.15, -0.1) is 0 Å². The van der Waals surface area contributed by atoms with Crippen LogP contribution in [0.5, 0.6) is 0 Å². The molecule has 1 heterocycles. The van der Waals surface area contributed by atoms with E-state index in [9.17, 15) is 4.79 Å². The molecule has 0 fully saturated rings. The van der Waals surface area contributed by atoms with Crippen LogP contribution in [0.3, 0.4) is 0 Å². The number of fused-ring (bicyclic) bond motifs is 1. The third-order valence-electron chi connectivity index (χ3n) is 2.61. The van der Waals surface area contributed by atoms with Gasteiger partial charge in [0.1, 0.15) is 6.61 Å². The van der Waals surface area contributed by atoms with Crippen LogP contribution in [0, 0.1) is 0 Å². The molecule has 2 aromatic rings. The van der Waals surface area contributed by atoms with Gasteiger partial charge >= 0.3 is 0 Å². The summed E-state index contributed by atoms with van der Waals surface area (Å²) in [5.41, 5.74) is 1.72. The summed E-state index contributed by atoms with van der Waals surface area (Å²) in [6.07, 6.45) is 0.413. The molecule has 0 amide bonds.